The zero-order valence-corrected chi connectivity index (χ0v) is 11.0. The summed E-state index contributed by atoms with van der Waals surface area (Å²) in [7, 11) is 2.17. The molecule has 1 aromatic rings. The minimum absolute atomic E-state index is 0.484. The third kappa shape index (κ3) is 2.96. The highest BCUT2D eigenvalue weighted by Gasteiger charge is 2.15. The molecule has 0 spiro atoms. The summed E-state index contributed by atoms with van der Waals surface area (Å²) >= 11 is 5.12. The maximum absolute atomic E-state index is 5.78. The Morgan fingerprint density at radius 2 is 1.94 bits per heavy atom. The predicted molar refractivity (Wildman–Crippen MR) is 76.7 cm³/mol. The fraction of sp³-hybridized carbons (Fsp3) is 0.462. The molecule has 1 heterocycles. The van der Waals surface area contributed by atoms with E-state index in [1.165, 1.54) is 12.1 Å². The van der Waals surface area contributed by atoms with Crippen molar-refractivity contribution in [1.29, 1.82) is 0 Å². The van der Waals surface area contributed by atoms with Gasteiger partial charge >= 0.3 is 0 Å². The van der Waals surface area contributed by atoms with Crippen molar-refractivity contribution in [2.75, 3.05) is 38.1 Å². The van der Waals surface area contributed by atoms with Gasteiger partial charge in [0.05, 0.1) is 0 Å². The number of nitrogens with zero attached hydrogens (tertiary/aromatic N) is 2. The molecule has 0 aromatic heterocycles. The van der Waals surface area contributed by atoms with E-state index in [2.05, 4.69) is 22.9 Å². The van der Waals surface area contributed by atoms with Crippen LogP contribution in [-0.4, -0.2) is 43.1 Å². The molecule has 1 fully saturated rings. The Balaban J connectivity index is 2.24. The van der Waals surface area contributed by atoms with Crippen molar-refractivity contribution in [2.45, 2.75) is 6.42 Å². The molecule has 0 aliphatic carbocycles. The third-order valence-corrected chi connectivity index (χ3v) is 3.45. The standard InChI is InChI=1S/C13H19N3S/c1-15-7-4-8-16(10-9-15)12-6-3-2-5-11(12)13(14)17/h2-3,5-6H,4,7-10H2,1H3,(H2,14,17). The molecule has 92 valence electrons. The van der Waals surface area contributed by atoms with Gasteiger partial charge in [0.1, 0.15) is 4.99 Å². The van der Waals surface area contributed by atoms with Gasteiger partial charge in [-0.2, -0.15) is 0 Å². The zero-order chi connectivity index (χ0) is 12.3. The Bertz CT molecular complexity index is 405. The average Bonchev–Trinajstić information content (AvgIpc) is 2.54. The lowest BCUT2D eigenvalue weighted by molar-refractivity contribution is 0.360. The van der Waals surface area contributed by atoms with Crippen LogP contribution in [0.4, 0.5) is 5.69 Å². The first-order chi connectivity index (χ1) is 8.18. The van der Waals surface area contributed by atoms with Crippen molar-refractivity contribution >= 4 is 22.9 Å². The van der Waals surface area contributed by atoms with Crippen molar-refractivity contribution in [1.82, 2.24) is 4.90 Å². The third-order valence-electron chi connectivity index (χ3n) is 3.23. The number of hydrogen-bond acceptors (Lipinski definition) is 3. The fourth-order valence-corrected chi connectivity index (χ4v) is 2.42. The van der Waals surface area contributed by atoms with Crippen LogP contribution in [0.3, 0.4) is 0 Å². The van der Waals surface area contributed by atoms with Gasteiger partial charge in [-0.15, -0.1) is 0 Å². The van der Waals surface area contributed by atoms with Crippen molar-refractivity contribution in [3.63, 3.8) is 0 Å². The molecule has 17 heavy (non-hydrogen) atoms. The fourth-order valence-electron chi connectivity index (χ4n) is 2.25. The second kappa shape index (κ2) is 5.47. The largest absolute Gasteiger partial charge is 0.389 e. The lowest BCUT2D eigenvalue weighted by Gasteiger charge is -2.25. The van der Waals surface area contributed by atoms with Gasteiger partial charge in [0.25, 0.3) is 0 Å². The first kappa shape index (κ1) is 12.3. The van der Waals surface area contributed by atoms with Gasteiger partial charge in [-0.05, 0) is 32.1 Å². The smallest absolute Gasteiger partial charge is 0.106 e. The zero-order valence-electron chi connectivity index (χ0n) is 10.2. The minimum Gasteiger partial charge on any atom is -0.389 e. The van der Waals surface area contributed by atoms with Crippen molar-refractivity contribution < 1.29 is 0 Å². The van der Waals surface area contributed by atoms with Gasteiger partial charge in [-0.1, -0.05) is 24.4 Å². The Labute approximate surface area is 108 Å². The maximum atomic E-state index is 5.78. The van der Waals surface area contributed by atoms with Crippen molar-refractivity contribution in [3.8, 4) is 0 Å². The van der Waals surface area contributed by atoms with Crippen LogP contribution in [-0.2, 0) is 0 Å². The van der Waals surface area contributed by atoms with E-state index in [9.17, 15) is 0 Å². The van der Waals surface area contributed by atoms with E-state index < -0.39 is 0 Å². The van der Waals surface area contributed by atoms with E-state index in [1.54, 1.807) is 0 Å². The molecule has 3 nitrogen and oxygen atoms in total. The summed E-state index contributed by atoms with van der Waals surface area (Å²) in [6.07, 6.45) is 1.18. The summed E-state index contributed by atoms with van der Waals surface area (Å²) in [5.74, 6) is 0. The number of benzene rings is 1. The summed E-state index contributed by atoms with van der Waals surface area (Å²) in [5.41, 5.74) is 7.95. The molecule has 0 saturated carbocycles. The number of anilines is 1. The molecule has 2 N–H and O–H groups in total. The molecule has 0 radical (unpaired) electrons. The molecule has 1 aromatic carbocycles. The van der Waals surface area contributed by atoms with Crippen molar-refractivity contribution in [2.24, 2.45) is 5.73 Å². The molecule has 1 saturated heterocycles. The normalized spacial score (nSPS) is 17.8. The van der Waals surface area contributed by atoms with E-state index in [4.69, 9.17) is 18.0 Å². The Kier molecular flexibility index (Phi) is 3.97. The molecular weight excluding hydrogens is 230 g/mol. The Hall–Kier alpha value is -1.13. The molecule has 4 heteroatoms. The second-order valence-corrected chi connectivity index (χ2v) is 4.97. The predicted octanol–water partition coefficient (Wildman–Crippen LogP) is 1.46. The molecular formula is C13H19N3S. The number of nitrogens with two attached hydrogens (primary N) is 1. The molecule has 2 rings (SSSR count). The van der Waals surface area contributed by atoms with Gasteiger partial charge in [0.2, 0.25) is 0 Å². The number of thiocarbonyl (C=S) groups is 1. The molecule has 0 bridgehead atoms. The van der Waals surface area contributed by atoms with E-state index in [0.29, 0.717) is 4.99 Å². The average molecular weight is 249 g/mol. The Morgan fingerprint density at radius 1 is 1.18 bits per heavy atom. The van der Waals surface area contributed by atoms with E-state index in [-0.39, 0.29) is 0 Å². The Morgan fingerprint density at radius 3 is 2.71 bits per heavy atom. The number of rotatable bonds is 2. The summed E-state index contributed by atoms with van der Waals surface area (Å²) < 4.78 is 0. The van der Waals surface area contributed by atoms with Crippen LogP contribution in [0, 0.1) is 0 Å². The number of para-hydroxylation sites is 1. The van der Waals surface area contributed by atoms with Gasteiger partial charge in [0.15, 0.2) is 0 Å². The van der Waals surface area contributed by atoms with Gasteiger partial charge in [-0.25, -0.2) is 0 Å². The summed E-state index contributed by atoms with van der Waals surface area (Å²) in [4.78, 5) is 5.24. The number of hydrogen-bond donors (Lipinski definition) is 1. The summed E-state index contributed by atoms with van der Waals surface area (Å²) in [6.45, 7) is 4.36. The lowest BCUT2D eigenvalue weighted by Crippen LogP contribution is -2.30. The second-order valence-electron chi connectivity index (χ2n) is 4.53. The molecule has 1 aliphatic heterocycles. The highest BCUT2D eigenvalue weighted by molar-refractivity contribution is 7.80. The topological polar surface area (TPSA) is 32.5 Å². The van der Waals surface area contributed by atoms with Crippen LogP contribution < -0.4 is 10.6 Å². The van der Waals surface area contributed by atoms with Crippen LogP contribution in [0.1, 0.15) is 12.0 Å². The minimum atomic E-state index is 0.484. The SMILES string of the molecule is CN1CCCN(c2ccccc2C(N)=S)CC1. The van der Waals surface area contributed by atoms with Crippen LogP contribution in [0.15, 0.2) is 24.3 Å². The van der Waals surface area contributed by atoms with Crippen molar-refractivity contribution in [3.05, 3.63) is 29.8 Å². The van der Waals surface area contributed by atoms with Crippen LogP contribution in [0.25, 0.3) is 0 Å². The van der Waals surface area contributed by atoms with Gasteiger partial charge in [-0.3, -0.25) is 0 Å². The molecule has 0 amide bonds. The van der Waals surface area contributed by atoms with Crippen LogP contribution >= 0.6 is 12.2 Å². The van der Waals surface area contributed by atoms with E-state index >= 15 is 0 Å². The number of likely N-dealkylation sites (N-methyl/N-ethyl adjacent to an activating group) is 1. The van der Waals surface area contributed by atoms with E-state index in [1.807, 2.05) is 18.2 Å². The molecule has 1 aliphatic rings. The molecule has 0 atom stereocenters. The van der Waals surface area contributed by atoms with Gasteiger partial charge < -0.3 is 15.5 Å². The first-order valence-corrected chi connectivity index (χ1v) is 6.41. The lowest BCUT2D eigenvalue weighted by atomic mass is 10.1. The monoisotopic (exact) mass is 249 g/mol. The highest BCUT2D eigenvalue weighted by Crippen LogP contribution is 2.21. The first-order valence-electron chi connectivity index (χ1n) is 6.01. The maximum Gasteiger partial charge on any atom is 0.106 e. The summed E-state index contributed by atoms with van der Waals surface area (Å²) in [5, 5.41) is 0. The van der Waals surface area contributed by atoms with E-state index in [0.717, 1.165) is 31.7 Å². The highest BCUT2D eigenvalue weighted by atomic mass is 32.1. The molecule has 0 unspecified atom stereocenters. The quantitative estimate of drug-likeness (QED) is 0.804. The van der Waals surface area contributed by atoms with Crippen LogP contribution in [0.5, 0.6) is 0 Å². The van der Waals surface area contributed by atoms with Crippen LogP contribution in [0.2, 0.25) is 0 Å². The summed E-state index contributed by atoms with van der Waals surface area (Å²) in [6, 6.07) is 8.15. The van der Waals surface area contributed by atoms with Gasteiger partial charge in [0, 0.05) is 30.9 Å².